The molecule has 1 saturated heterocycles. The molecule has 0 aromatic carbocycles. The number of nitrogens with one attached hydrogen (secondary N) is 2. The van der Waals surface area contributed by atoms with Crippen molar-refractivity contribution in [2.24, 2.45) is 5.41 Å². The van der Waals surface area contributed by atoms with Gasteiger partial charge in [-0.1, -0.05) is 25.6 Å². The van der Waals surface area contributed by atoms with Crippen LogP contribution in [0.4, 0.5) is 5.82 Å². The second-order valence-corrected chi connectivity index (χ2v) is 18.7. The van der Waals surface area contributed by atoms with Gasteiger partial charge in [0.05, 0.1) is 19.5 Å². The number of aliphatic hydroxyl groups excluding tert-OH is 2. The molecule has 2 unspecified atom stereocenters. The molecule has 13 N–H and O–H groups in total. The van der Waals surface area contributed by atoms with Gasteiger partial charge in [-0.3, -0.25) is 32.5 Å². The number of anilines is 1. The number of phosphoric ester groups is 3. The zero-order valence-electron chi connectivity index (χ0n) is 30.7. The van der Waals surface area contributed by atoms with Crippen LogP contribution in [0.25, 0.3) is 11.2 Å². The molecule has 31 heteroatoms. The van der Waals surface area contributed by atoms with Gasteiger partial charge in [0.1, 0.15) is 36.3 Å². The van der Waals surface area contributed by atoms with Crippen LogP contribution >= 0.6 is 35.2 Å². The number of nitrogens with zero attached hydrogens (tertiary/aromatic N) is 4. The van der Waals surface area contributed by atoms with Gasteiger partial charge in [-0.05, 0) is 12.8 Å². The van der Waals surface area contributed by atoms with Crippen LogP contribution in [0.15, 0.2) is 12.7 Å². The van der Waals surface area contributed by atoms with Crippen molar-refractivity contribution in [3.8, 4) is 0 Å². The van der Waals surface area contributed by atoms with Crippen molar-refractivity contribution in [1.29, 1.82) is 0 Å². The maximum atomic E-state index is 12.7. The number of imidazole rings is 1. The highest BCUT2D eigenvalue weighted by Crippen LogP contribution is 2.61. The fourth-order valence-corrected chi connectivity index (χ4v) is 8.55. The summed E-state index contributed by atoms with van der Waals surface area (Å²) in [4.78, 5) is 87.4. The Morgan fingerprint density at radius 1 is 1.00 bits per heavy atom. The number of rotatable bonds is 24. The molecule has 330 valence electrons. The van der Waals surface area contributed by atoms with Crippen LogP contribution in [0, 0.1) is 5.41 Å². The van der Waals surface area contributed by atoms with E-state index in [1.165, 1.54) is 13.8 Å². The standard InChI is InChI=1S/C27H46N7O20P3S/c1-26(2,21(38)24(39)30-8-6-16(35)29-9-10-58-17(36)5-3-4-7-27(40,41)42)12-51-57(48,49)54-56(46,47)50-11-15-20(53-55(43,44)45)19(37)25(52-15)34-14-33-18-22(28)31-13-32-23(18)34/h13-15,19-21,25,37-38,40-42H,3-12H2,1-2H3,(H,29,35)(H,30,39)(H,46,47)(H,48,49)(H2,28,31,32)(H2,43,44,45)/t15-,19-,20-,21+,25-/m1/s1. The van der Waals surface area contributed by atoms with Crippen molar-refractivity contribution in [1.82, 2.24) is 30.2 Å². The van der Waals surface area contributed by atoms with Crippen LogP contribution in [-0.2, 0) is 50.7 Å². The van der Waals surface area contributed by atoms with Crippen LogP contribution in [0.5, 0.6) is 0 Å². The number of carbonyl (C=O) groups is 3. The molecule has 0 radical (unpaired) electrons. The van der Waals surface area contributed by atoms with Crippen molar-refractivity contribution in [2.45, 2.75) is 82.6 Å². The first-order chi connectivity index (χ1) is 26.7. The van der Waals surface area contributed by atoms with Gasteiger partial charge in [-0.15, -0.1) is 0 Å². The molecule has 2 amide bonds. The lowest BCUT2D eigenvalue weighted by Crippen LogP contribution is -2.46. The summed E-state index contributed by atoms with van der Waals surface area (Å²) in [5.74, 6) is -4.13. The van der Waals surface area contributed by atoms with Gasteiger partial charge in [0.15, 0.2) is 22.8 Å². The second-order valence-electron chi connectivity index (χ2n) is 13.3. The minimum atomic E-state index is -5.59. The summed E-state index contributed by atoms with van der Waals surface area (Å²) in [6.45, 7) is 0.246. The minimum Gasteiger partial charge on any atom is -0.386 e. The summed E-state index contributed by atoms with van der Waals surface area (Å²) >= 11 is 0.941. The minimum absolute atomic E-state index is 0.0185. The van der Waals surface area contributed by atoms with Crippen LogP contribution in [0.3, 0.4) is 0 Å². The molecule has 0 saturated carbocycles. The topological polar surface area (TPSA) is 424 Å². The summed E-state index contributed by atoms with van der Waals surface area (Å²) in [7, 11) is -16.5. The normalized spacial score (nSPS) is 21.6. The lowest BCUT2D eigenvalue weighted by atomic mass is 9.87. The number of hydrogen-bond donors (Lipinski definition) is 12. The zero-order valence-corrected chi connectivity index (χ0v) is 34.2. The Labute approximate surface area is 333 Å². The molecule has 0 spiro atoms. The predicted molar refractivity (Wildman–Crippen MR) is 195 cm³/mol. The van der Waals surface area contributed by atoms with E-state index in [1.54, 1.807) is 0 Å². The molecule has 1 aliphatic heterocycles. The molecule has 27 nitrogen and oxygen atoms in total. The molecular weight excluding hydrogens is 867 g/mol. The third-order valence-electron chi connectivity index (χ3n) is 7.91. The molecule has 3 heterocycles. The van der Waals surface area contributed by atoms with Gasteiger partial charge in [0, 0.05) is 43.5 Å². The number of aliphatic hydroxyl groups is 5. The van der Waals surface area contributed by atoms with E-state index in [-0.39, 0.29) is 66.6 Å². The van der Waals surface area contributed by atoms with E-state index in [2.05, 4.69) is 34.4 Å². The number of aromatic nitrogens is 4. The zero-order chi connectivity index (χ0) is 43.7. The Morgan fingerprint density at radius 2 is 1.67 bits per heavy atom. The lowest BCUT2D eigenvalue weighted by molar-refractivity contribution is -0.315. The molecule has 1 fully saturated rings. The molecule has 1 aliphatic rings. The summed E-state index contributed by atoms with van der Waals surface area (Å²) in [5.41, 5.74) is 4.20. The Balaban J connectivity index is 1.44. The van der Waals surface area contributed by atoms with Crippen molar-refractivity contribution >= 4 is 69.1 Å². The van der Waals surface area contributed by atoms with Gasteiger partial charge in [-0.25, -0.2) is 28.6 Å². The maximum Gasteiger partial charge on any atom is 0.481 e. The second kappa shape index (κ2) is 20.8. The molecule has 2 aromatic heterocycles. The molecule has 7 atom stereocenters. The first-order valence-electron chi connectivity index (χ1n) is 16.9. The number of phosphoric acid groups is 3. The van der Waals surface area contributed by atoms with Crippen LogP contribution in [-0.4, -0.2) is 144 Å². The first kappa shape index (κ1) is 49.8. The third kappa shape index (κ3) is 16.1. The Hall–Kier alpha value is -2.56. The number of thioether (sulfide) groups is 1. The third-order valence-corrected chi connectivity index (χ3v) is 11.9. The number of amides is 2. The van der Waals surface area contributed by atoms with Crippen LogP contribution in [0.2, 0.25) is 0 Å². The van der Waals surface area contributed by atoms with E-state index in [1.807, 2.05) is 0 Å². The summed E-state index contributed by atoms with van der Waals surface area (Å²) in [6, 6.07) is 0. The molecule has 3 rings (SSSR count). The highest BCUT2D eigenvalue weighted by atomic mass is 32.2. The first-order valence-corrected chi connectivity index (χ1v) is 22.4. The van der Waals surface area contributed by atoms with E-state index in [9.17, 15) is 57.9 Å². The highest BCUT2D eigenvalue weighted by molar-refractivity contribution is 8.13. The summed E-state index contributed by atoms with van der Waals surface area (Å²) in [6.07, 6.45) is -6.76. The van der Waals surface area contributed by atoms with Crippen LogP contribution in [0.1, 0.15) is 52.2 Å². The molecule has 58 heavy (non-hydrogen) atoms. The van der Waals surface area contributed by atoms with Crippen molar-refractivity contribution in [3.63, 3.8) is 0 Å². The van der Waals surface area contributed by atoms with E-state index in [0.29, 0.717) is 6.42 Å². The Kier molecular flexibility index (Phi) is 17.9. The SMILES string of the molecule is CC(C)(COP(=O)(O)OP(=O)(O)OC[C@H]1O[C@@H](n2cnc3c(N)ncnc32)[C@H](O)[C@@H]1OP(=O)(O)O)[C@@H](O)C(=O)NCCC(=O)NCCSC(=O)CCCCC(O)(O)O. The monoisotopic (exact) mass is 913 g/mol. The van der Waals surface area contributed by atoms with Gasteiger partial charge < -0.3 is 66.2 Å². The summed E-state index contributed by atoms with van der Waals surface area (Å²) in [5, 5.41) is 52.5. The van der Waals surface area contributed by atoms with Crippen molar-refractivity contribution in [3.05, 3.63) is 12.7 Å². The van der Waals surface area contributed by atoms with Gasteiger partial charge in [0.25, 0.3) is 5.97 Å². The number of nitrogen functional groups attached to an aromatic ring is 1. The molecule has 0 aliphatic carbocycles. The van der Waals surface area contributed by atoms with Crippen molar-refractivity contribution < 1.29 is 95.8 Å². The van der Waals surface area contributed by atoms with E-state index >= 15 is 0 Å². The van der Waals surface area contributed by atoms with E-state index in [0.717, 1.165) is 29.0 Å². The summed E-state index contributed by atoms with van der Waals surface area (Å²) < 4.78 is 62.0. The average molecular weight is 914 g/mol. The lowest BCUT2D eigenvalue weighted by Gasteiger charge is -2.30. The number of carbonyl (C=O) groups excluding carboxylic acids is 3. The van der Waals surface area contributed by atoms with Crippen LogP contribution < -0.4 is 16.4 Å². The number of unbranched alkanes of at least 4 members (excludes halogenated alkanes) is 1. The maximum absolute atomic E-state index is 12.7. The molecule has 0 bridgehead atoms. The molecule has 2 aromatic rings. The van der Waals surface area contributed by atoms with Gasteiger partial charge >= 0.3 is 23.5 Å². The molecular formula is C27H46N7O20P3S. The fourth-order valence-electron chi connectivity index (χ4n) is 5.00. The number of hydrogen-bond acceptors (Lipinski definition) is 21. The van der Waals surface area contributed by atoms with E-state index in [4.69, 9.17) is 34.8 Å². The average Bonchev–Trinajstić information content (AvgIpc) is 3.66. The predicted octanol–water partition coefficient (Wildman–Crippen LogP) is -2.14. The Morgan fingerprint density at radius 3 is 2.33 bits per heavy atom. The Bertz CT molecular complexity index is 1880. The van der Waals surface area contributed by atoms with E-state index < -0.39 is 90.5 Å². The van der Waals surface area contributed by atoms with Gasteiger partial charge in [0.2, 0.25) is 11.8 Å². The number of nitrogens with two attached hydrogens (primary N) is 1. The highest BCUT2D eigenvalue weighted by Gasteiger charge is 2.50. The fraction of sp³-hybridized carbons (Fsp3) is 0.704. The smallest absolute Gasteiger partial charge is 0.386 e. The largest absolute Gasteiger partial charge is 0.481 e. The number of fused-ring (bicyclic) bond motifs is 1. The quantitative estimate of drug-likeness (QED) is 0.0304. The van der Waals surface area contributed by atoms with Crippen molar-refractivity contribution in [2.75, 3.05) is 37.8 Å². The van der Waals surface area contributed by atoms with Gasteiger partial charge in [-0.2, -0.15) is 4.31 Å². The number of ether oxygens (including phenoxy) is 1.